The number of nitrogen functional groups attached to an aromatic ring is 1. The molecule has 0 aromatic carbocycles. The largest absolute Gasteiger partial charge is 0.358 e. The fourth-order valence-corrected chi connectivity index (χ4v) is 0.884. The maximum atomic E-state index is 11.5. The van der Waals surface area contributed by atoms with Gasteiger partial charge in [0.15, 0.2) is 5.82 Å². The molecule has 2 amide bonds. The van der Waals surface area contributed by atoms with Gasteiger partial charge in [0, 0.05) is 7.05 Å². The number of anilines is 1. The van der Waals surface area contributed by atoms with Gasteiger partial charge in [-0.3, -0.25) is 14.6 Å². The molecule has 0 radical (unpaired) electrons. The van der Waals surface area contributed by atoms with Gasteiger partial charge >= 0.3 is 0 Å². The van der Waals surface area contributed by atoms with Crippen LogP contribution in [0.25, 0.3) is 0 Å². The molecule has 0 aliphatic carbocycles. The number of aromatic nitrogens is 2. The van der Waals surface area contributed by atoms with Gasteiger partial charge in [0.05, 0.1) is 18.9 Å². The van der Waals surface area contributed by atoms with Crippen LogP contribution in [0.2, 0.25) is 0 Å². The second kappa shape index (κ2) is 5.61. The van der Waals surface area contributed by atoms with Crippen LogP contribution in [0.3, 0.4) is 0 Å². The van der Waals surface area contributed by atoms with E-state index in [9.17, 15) is 9.59 Å². The number of nitrogens with two attached hydrogens (primary N) is 1. The zero-order valence-corrected chi connectivity index (χ0v) is 8.65. The molecule has 0 spiro atoms. The van der Waals surface area contributed by atoms with Gasteiger partial charge in [-0.15, -0.1) is 0 Å². The molecule has 1 aromatic rings. The summed E-state index contributed by atoms with van der Waals surface area (Å²) in [6.07, 6.45) is 2.65. The van der Waals surface area contributed by atoms with Crippen LogP contribution in [0.1, 0.15) is 10.5 Å². The molecule has 0 fully saturated rings. The lowest BCUT2D eigenvalue weighted by Crippen LogP contribution is -2.35. The van der Waals surface area contributed by atoms with Crippen LogP contribution in [-0.2, 0) is 4.79 Å². The van der Waals surface area contributed by atoms with Crippen LogP contribution >= 0.6 is 0 Å². The van der Waals surface area contributed by atoms with Crippen LogP contribution < -0.4 is 21.9 Å². The first kappa shape index (κ1) is 11.9. The predicted octanol–water partition coefficient (Wildman–Crippen LogP) is -1.76. The highest BCUT2D eigenvalue weighted by Crippen LogP contribution is 1.99. The van der Waals surface area contributed by atoms with E-state index in [1.807, 2.05) is 0 Å². The summed E-state index contributed by atoms with van der Waals surface area (Å²) in [6.45, 7) is -0.114. The number of carbonyl (C=O) groups is 2. The van der Waals surface area contributed by atoms with Crippen molar-refractivity contribution in [3.8, 4) is 0 Å². The highest BCUT2D eigenvalue weighted by atomic mass is 16.2. The third-order valence-corrected chi connectivity index (χ3v) is 1.70. The van der Waals surface area contributed by atoms with E-state index >= 15 is 0 Å². The van der Waals surface area contributed by atoms with Gasteiger partial charge in [-0.1, -0.05) is 0 Å². The molecular weight excluding hydrogens is 212 g/mol. The molecule has 8 nitrogen and oxygen atoms in total. The third-order valence-electron chi connectivity index (χ3n) is 1.70. The number of likely N-dealkylation sites (N-methyl/N-ethyl adjacent to an activating group) is 1. The first-order valence-corrected chi connectivity index (χ1v) is 4.44. The van der Waals surface area contributed by atoms with Crippen molar-refractivity contribution in [2.24, 2.45) is 5.84 Å². The summed E-state index contributed by atoms with van der Waals surface area (Å²) in [5, 5.41) is 4.75. The number of hydrazine groups is 1. The van der Waals surface area contributed by atoms with E-state index in [0.717, 1.165) is 0 Å². The summed E-state index contributed by atoms with van der Waals surface area (Å²) in [7, 11) is 1.48. The summed E-state index contributed by atoms with van der Waals surface area (Å²) < 4.78 is 0. The summed E-state index contributed by atoms with van der Waals surface area (Å²) in [5.74, 6) is 4.60. The molecule has 8 heteroatoms. The molecule has 0 atom stereocenters. The van der Waals surface area contributed by atoms with Gasteiger partial charge in [0.25, 0.3) is 5.91 Å². The predicted molar refractivity (Wildman–Crippen MR) is 56.2 cm³/mol. The van der Waals surface area contributed by atoms with E-state index < -0.39 is 5.91 Å². The monoisotopic (exact) mass is 224 g/mol. The maximum Gasteiger partial charge on any atom is 0.272 e. The van der Waals surface area contributed by atoms with Crippen molar-refractivity contribution in [1.29, 1.82) is 0 Å². The molecule has 5 N–H and O–H groups in total. The van der Waals surface area contributed by atoms with E-state index in [2.05, 4.69) is 26.0 Å². The Bertz CT molecular complexity index is 394. The van der Waals surface area contributed by atoms with Gasteiger partial charge in [0.1, 0.15) is 5.69 Å². The van der Waals surface area contributed by atoms with Gasteiger partial charge in [0.2, 0.25) is 5.91 Å². The number of nitrogens with one attached hydrogen (secondary N) is 3. The van der Waals surface area contributed by atoms with Crippen molar-refractivity contribution in [2.45, 2.75) is 0 Å². The minimum atomic E-state index is -0.492. The molecule has 0 unspecified atom stereocenters. The van der Waals surface area contributed by atoms with Crippen molar-refractivity contribution < 1.29 is 9.59 Å². The van der Waals surface area contributed by atoms with Crippen molar-refractivity contribution in [2.75, 3.05) is 19.0 Å². The topological polar surface area (TPSA) is 122 Å². The quantitative estimate of drug-likeness (QED) is 0.355. The maximum absolute atomic E-state index is 11.5. The minimum absolute atomic E-state index is 0.0827. The Morgan fingerprint density at radius 3 is 2.81 bits per heavy atom. The van der Waals surface area contributed by atoms with E-state index in [0.29, 0.717) is 0 Å². The zero-order chi connectivity index (χ0) is 12.0. The Kier molecular flexibility index (Phi) is 4.16. The number of hydrogen-bond donors (Lipinski definition) is 4. The zero-order valence-electron chi connectivity index (χ0n) is 8.65. The highest BCUT2D eigenvalue weighted by Gasteiger charge is 2.09. The third kappa shape index (κ3) is 3.17. The standard InChI is InChI=1S/C8H12N6O2/c1-10-7(15)4-12-8(16)5-2-11-3-6(13-5)14-9/h2-3H,4,9H2,1H3,(H,10,15)(H,12,16)(H,13,14). The molecule has 0 saturated heterocycles. The Morgan fingerprint density at radius 1 is 1.44 bits per heavy atom. The van der Waals surface area contributed by atoms with Crippen LogP contribution in [0.15, 0.2) is 12.4 Å². The summed E-state index contributed by atoms with van der Waals surface area (Å²) in [5.41, 5.74) is 2.35. The molecule has 0 bridgehead atoms. The Hall–Kier alpha value is -2.22. The molecule has 86 valence electrons. The molecular formula is C8H12N6O2. The average molecular weight is 224 g/mol. The van der Waals surface area contributed by atoms with Gasteiger partial charge in [-0.25, -0.2) is 10.8 Å². The lowest BCUT2D eigenvalue weighted by Gasteiger charge is -2.04. The first-order valence-electron chi connectivity index (χ1n) is 4.44. The Balaban J connectivity index is 2.62. The van der Waals surface area contributed by atoms with Crippen molar-refractivity contribution in [1.82, 2.24) is 20.6 Å². The van der Waals surface area contributed by atoms with Crippen molar-refractivity contribution in [3.63, 3.8) is 0 Å². The van der Waals surface area contributed by atoms with Crippen LogP contribution in [0, 0.1) is 0 Å². The smallest absolute Gasteiger partial charge is 0.272 e. The van der Waals surface area contributed by atoms with Crippen LogP contribution in [0.4, 0.5) is 5.82 Å². The second-order valence-corrected chi connectivity index (χ2v) is 2.79. The van der Waals surface area contributed by atoms with Crippen molar-refractivity contribution >= 4 is 17.6 Å². The number of nitrogens with zero attached hydrogens (tertiary/aromatic N) is 2. The van der Waals surface area contributed by atoms with E-state index in [1.165, 1.54) is 19.4 Å². The SMILES string of the molecule is CNC(=O)CNC(=O)c1cncc(NN)n1. The fourth-order valence-electron chi connectivity index (χ4n) is 0.884. The molecule has 0 saturated carbocycles. The van der Waals surface area contributed by atoms with Crippen molar-refractivity contribution in [3.05, 3.63) is 18.1 Å². The lowest BCUT2D eigenvalue weighted by atomic mass is 10.4. The summed E-state index contributed by atoms with van der Waals surface area (Å²) in [6, 6.07) is 0. The van der Waals surface area contributed by atoms with Crippen LogP contribution in [0.5, 0.6) is 0 Å². The van der Waals surface area contributed by atoms with Gasteiger partial charge in [-0.2, -0.15) is 0 Å². The first-order chi connectivity index (χ1) is 7.67. The van der Waals surface area contributed by atoms with E-state index in [4.69, 9.17) is 5.84 Å². The fraction of sp³-hybridized carbons (Fsp3) is 0.250. The van der Waals surface area contributed by atoms with Crippen LogP contribution in [-0.4, -0.2) is 35.4 Å². The minimum Gasteiger partial charge on any atom is -0.358 e. The van der Waals surface area contributed by atoms with E-state index in [-0.39, 0.29) is 24.0 Å². The summed E-state index contributed by atoms with van der Waals surface area (Å²) in [4.78, 5) is 30.0. The van der Waals surface area contributed by atoms with E-state index in [1.54, 1.807) is 0 Å². The lowest BCUT2D eigenvalue weighted by molar-refractivity contribution is -0.119. The molecule has 16 heavy (non-hydrogen) atoms. The summed E-state index contributed by atoms with van der Waals surface area (Å²) >= 11 is 0. The molecule has 1 heterocycles. The van der Waals surface area contributed by atoms with Gasteiger partial charge < -0.3 is 16.1 Å². The number of carbonyl (C=O) groups excluding carboxylic acids is 2. The normalized spacial score (nSPS) is 9.38. The number of rotatable bonds is 4. The second-order valence-electron chi connectivity index (χ2n) is 2.79. The average Bonchev–Trinajstić information content (AvgIpc) is 2.35. The number of amides is 2. The molecule has 0 aliphatic heterocycles. The molecule has 0 aliphatic rings. The number of hydrogen-bond acceptors (Lipinski definition) is 6. The Labute approximate surface area is 91.6 Å². The Morgan fingerprint density at radius 2 is 2.19 bits per heavy atom. The van der Waals surface area contributed by atoms with Gasteiger partial charge in [-0.05, 0) is 0 Å². The molecule has 1 aromatic heterocycles. The molecule has 1 rings (SSSR count). The highest BCUT2D eigenvalue weighted by molar-refractivity contribution is 5.94.